The molecule has 1 aliphatic rings. The highest BCUT2D eigenvalue weighted by Crippen LogP contribution is 2.31. The van der Waals surface area contributed by atoms with Gasteiger partial charge in [0.1, 0.15) is 0 Å². The van der Waals surface area contributed by atoms with Gasteiger partial charge in [-0.2, -0.15) is 0 Å². The molecule has 0 aliphatic carbocycles. The fourth-order valence-electron chi connectivity index (χ4n) is 3.06. The smallest absolute Gasteiger partial charge is 0.308 e. The predicted molar refractivity (Wildman–Crippen MR) is 114 cm³/mol. The molecule has 1 aromatic heterocycles. The Kier molecular flexibility index (Phi) is 6.88. The Morgan fingerprint density at radius 1 is 1.23 bits per heavy atom. The van der Waals surface area contributed by atoms with Gasteiger partial charge in [-0.1, -0.05) is 6.07 Å². The standard InChI is InChI=1S/C20H22N2O6S2/c1-2-30(26,27)22-10-8-14-12-15(5-6-16(14)22)17(23)13-28-19(24)7-9-21-20(25)18-4-3-11-29-18/h3-6,11-12H,2,7-10,13H2,1H3,(H,21,25). The van der Waals surface area contributed by atoms with Crippen LogP contribution in [0.4, 0.5) is 5.69 Å². The number of ether oxygens (including phenoxy) is 1. The Balaban J connectivity index is 1.48. The van der Waals surface area contributed by atoms with Crippen molar-refractivity contribution in [3.8, 4) is 0 Å². The topological polar surface area (TPSA) is 110 Å². The molecule has 0 radical (unpaired) electrons. The summed E-state index contributed by atoms with van der Waals surface area (Å²) in [5, 5.41) is 4.40. The van der Waals surface area contributed by atoms with Crippen LogP contribution in [0.1, 0.15) is 38.9 Å². The maximum Gasteiger partial charge on any atom is 0.308 e. The summed E-state index contributed by atoms with van der Waals surface area (Å²) in [4.78, 5) is 36.5. The van der Waals surface area contributed by atoms with Gasteiger partial charge in [-0.05, 0) is 48.6 Å². The number of ketones is 1. The Bertz CT molecular complexity index is 1050. The van der Waals surface area contributed by atoms with Crippen LogP contribution < -0.4 is 9.62 Å². The minimum absolute atomic E-state index is 0.0108. The molecule has 0 fully saturated rings. The van der Waals surface area contributed by atoms with E-state index >= 15 is 0 Å². The van der Waals surface area contributed by atoms with Gasteiger partial charge in [0.25, 0.3) is 5.91 Å². The van der Waals surface area contributed by atoms with E-state index in [4.69, 9.17) is 4.74 Å². The van der Waals surface area contributed by atoms with Gasteiger partial charge >= 0.3 is 5.97 Å². The number of hydrogen-bond acceptors (Lipinski definition) is 7. The molecule has 0 unspecified atom stereocenters. The molecule has 0 saturated heterocycles. The number of fused-ring (bicyclic) bond motifs is 1. The second-order valence-electron chi connectivity index (χ2n) is 6.63. The average Bonchev–Trinajstić information content (AvgIpc) is 3.41. The Labute approximate surface area is 178 Å². The summed E-state index contributed by atoms with van der Waals surface area (Å²) >= 11 is 1.30. The van der Waals surface area contributed by atoms with Gasteiger partial charge in [-0.3, -0.25) is 18.7 Å². The highest BCUT2D eigenvalue weighted by atomic mass is 32.2. The maximum absolute atomic E-state index is 12.3. The quantitative estimate of drug-likeness (QED) is 0.462. The molecule has 8 nitrogen and oxygen atoms in total. The summed E-state index contributed by atoms with van der Waals surface area (Å²) in [6, 6.07) is 8.26. The maximum atomic E-state index is 12.3. The van der Waals surface area contributed by atoms with E-state index in [9.17, 15) is 22.8 Å². The van der Waals surface area contributed by atoms with E-state index in [2.05, 4.69) is 5.32 Å². The lowest BCUT2D eigenvalue weighted by Crippen LogP contribution is -2.30. The van der Waals surface area contributed by atoms with Crippen molar-refractivity contribution in [3.05, 3.63) is 51.7 Å². The molecule has 0 atom stereocenters. The van der Waals surface area contributed by atoms with E-state index in [1.165, 1.54) is 15.6 Å². The second-order valence-corrected chi connectivity index (χ2v) is 9.76. The van der Waals surface area contributed by atoms with E-state index < -0.39 is 22.6 Å². The molecule has 3 rings (SSSR count). The van der Waals surface area contributed by atoms with Crippen molar-refractivity contribution >= 4 is 44.7 Å². The zero-order valence-electron chi connectivity index (χ0n) is 16.4. The van der Waals surface area contributed by atoms with E-state index in [0.717, 1.165) is 5.56 Å². The number of hydrogen-bond donors (Lipinski definition) is 1. The summed E-state index contributed by atoms with van der Waals surface area (Å²) in [7, 11) is -3.35. The van der Waals surface area contributed by atoms with Crippen molar-refractivity contribution in [2.45, 2.75) is 19.8 Å². The van der Waals surface area contributed by atoms with Crippen LogP contribution >= 0.6 is 11.3 Å². The summed E-state index contributed by atoms with van der Waals surface area (Å²) in [6.07, 6.45) is 0.484. The number of carbonyl (C=O) groups is 3. The number of amides is 1. The first kappa shape index (κ1) is 22.0. The first-order valence-corrected chi connectivity index (χ1v) is 11.9. The Morgan fingerprint density at radius 3 is 2.73 bits per heavy atom. The summed E-state index contributed by atoms with van der Waals surface area (Å²) < 4.78 is 30.6. The number of sulfonamides is 1. The fourth-order valence-corrected chi connectivity index (χ4v) is 4.86. The normalized spacial score (nSPS) is 13.0. The van der Waals surface area contributed by atoms with Gasteiger partial charge in [0.2, 0.25) is 10.0 Å². The molecule has 0 saturated carbocycles. The molecule has 160 valence electrons. The number of rotatable bonds is 9. The number of benzene rings is 1. The molecular formula is C20H22N2O6S2. The first-order valence-electron chi connectivity index (χ1n) is 9.45. The Morgan fingerprint density at radius 2 is 2.03 bits per heavy atom. The van der Waals surface area contributed by atoms with Gasteiger partial charge in [0.05, 0.1) is 22.7 Å². The van der Waals surface area contributed by atoms with E-state index in [-0.39, 0.29) is 30.4 Å². The SMILES string of the molecule is CCS(=O)(=O)N1CCc2cc(C(=O)COC(=O)CCNC(=O)c3cccs3)ccc21. The predicted octanol–water partition coefficient (Wildman–Crippen LogP) is 2.01. The van der Waals surface area contributed by atoms with Gasteiger partial charge in [0, 0.05) is 18.7 Å². The summed E-state index contributed by atoms with van der Waals surface area (Å²) in [5.74, 6) is -1.20. The third kappa shape index (κ3) is 5.06. The number of esters is 1. The molecule has 30 heavy (non-hydrogen) atoms. The molecule has 2 heterocycles. The third-order valence-electron chi connectivity index (χ3n) is 4.68. The van der Waals surface area contributed by atoms with Crippen molar-refractivity contribution in [2.75, 3.05) is 29.8 Å². The van der Waals surface area contributed by atoms with Gasteiger partial charge < -0.3 is 10.1 Å². The number of nitrogens with one attached hydrogen (secondary N) is 1. The number of anilines is 1. The fraction of sp³-hybridized carbons (Fsp3) is 0.350. The average molecular weight is 451 g/mol. The lowest BCUT2D eigenvalue weighted by atomic mass is 10.1. The van der Waals surface area contributed by atoms with Crippen molar-refractivity contribution < 1.29 is 27.5 Å². The molecular weight excluding hydrogens is 428 g/mol. The van der Waals surface area contributed by atoms with Crippen LogP contribution in [0, 0.1) is 0 Å². The highest BCUT2D eigenvalue weighted by molar-refractivity contribution is 7.92. The van der Waals surface area contributed by atoms with Crippen LogP contribution in [0.15, 0.2) is 35.7 Å². The lowest BCUT2D eigenvalue weighted by molar-refractivity contribution is -0.142. The zero-order valence-corrected chi connectivity index (χ0v) is 18.1. The minimum Gasteiger partial charge on any atom is -0.457 e. The van der Waals surface area contributed by atoms with Gasteiger partial charge in [-0.15, -0.1) is 11.3 Å². The van der Waals surface area contributed by atoms with Crippen molar-refractivity contribution in [2.24, 2.45) is 0 Å². The summed E-state index contributed by atoms with van der Waals surface area (Å²) in [5.41, 5.74) is 1.73. The first-order chi connectivity index (χ1) is 14.3. The Hall–Kier alpha value is -2.72. The number of thiophene rings is 1. The molecule has 1 N–H and O–H groups in total. The third-order valence-corrected chi connectivity index (χ3v) is 7.33. The molecule has 0 bridgehead atoms. The van der Waals surface area contributed by atoms with E-state index in [1.54, 1.807) is 42.6 Å². The van der Waals surface area contributed by atoms with Gasteiger partial charge in [-0.25, -0.2) is 8.42 Å². The van der Waals surface area contributed by atoms with Crippen LogP contribution in [0.3, 0.4) is 0 Å². The highest BCUT2D eigenvalue weighted by Gasteiger charge is 2.28. The number of nitrogens with zero attached hydrogens (tertiary/aromatic N) is 1. The van der Waals surface area contributed by atoms with Crippen LogP contribution in [-0.4, -0.2) is 51.5 Å². The van der Waals surface area contributed by atoms with Crippen LogP contribution in [0.25, 0.3) is 0 Å². The minimum atomic E-state index is -3.35. The molecule has 1 amide bonds. The number of Topliss-reactive ketones (excluding diaryl/α,β-unsaturated/α-hetero) is 1. The molecule has 2 aromatic rings. The van der Waals surface area contributed by atoms with Gasteiger partial charge in [0.15, 0.2) is 12.4 Å². The largest absolute Gasteiger partial charge is 0.457 e. The molecule has 10 heteroatoms. The molecule has 0 spiro atoms. The zero-order chi connectivity index (χ0) is 21.7. The summed E-state index contributed by atoms with van der Waals surface area (Å²) in [6.45, 7) is 1.65. The van der Waals surface area contributed by atoms with Crippen LogP contribution in [0.2, 0.25) is 0 Å². The van der Waals surface area contributed by atoms with Crippen molar-refractivity contribution in [1.82, 2.24) is 5.32 Å². The van der Waals surface area contributed by atoms with Crippen LogP contribution in [0.5, 0.6) is 0 Å². The molecule has 1 aromatic carbocycles. The second kappa shape index (κ2) is 9.40. The monoisotopic (exact) mass is 450 g/mol. The van der Waals surface area contributed by atoms with Crippen molar-refractivity contribution in [1.29, 1.82) is 0 Å². The van der Waals surface area contributed by atoms with Crippen molar-refractivity contribution in [3.63, 3.8) is 0 Å². The van der Waals surface area contributed by atoms with Crippen LogP contribution in [-0.2, 0) is 26.0 Å². The molecule has 1 aliphatic heterocycles. The van der Waals surface area contributed by atoms with E-state index in [0.29, 0.717) is 29.1 Å². The lowest BCUT2D eigenvalue weighted by Gasteiger charge is -2.18. The number of carbonyl (C=O) groups excluding carboxylic acids is 3. The van der Waals surface area contributed by atoms with E-state index in [1.807, 2.05) is 0 Å².